The number of hydrogen-bond donors (Lipinski definition) is 3. The van der Waals surface area contributed by atoms with E-state index in [1.165, 1.54) is 4.90 Å². The highest BCUT2D eigenvalue weighted by atomic mass is 16.6. The van der Waals surface area contributed by atoms with Crippen molar-refractivity contribution in [2.45, 2.75) is 114 Å². The van der Waals surface area contributed by atoms with E-state index >= 15 is 0 Å². The number of esters is 2. The summed E-state index contributed by atoms with van der Waals surface area (Å²) in [6.07, 6.45) is 1.14. The first-order valence-corrected chi connectivity index (χ1v) is 15.6. The molecule has 3 N–H and O–H groups in total. The number of rotatable bonds is 5. The Morgan fingerprint density at radius 2 is 1.77 bits per heavy atom. The minimum Gasteiger partial charge on any atom is -0.464 e. The van der Waals surface area contributed by atoms with Gasteiger partial charge in [-0.05, 0) is 71.4 Å². The average Bonchev–Trinajstić information content (AvgIpc) is 3.46. The van der Waals surface area contributed by atoms with Crippen molar-refractivity contribution in [2.75, 3.05) is 13.2 Å². The summed E-state index contributed by atoms with van der Waals surface area (Å²) in [7, 11) is 0. The molecule has 12 nitrogen and oxygen atoms in total. The second-order valence-electron chi connectivity index (χ2n) is 12.9. The molecule has 3 aliphatic rings. The Hall–Kier alpha value is -3.67. The molecule has 12 heteroatoms. The van der Waals surface area contributed by atoms with Crippen molar-refractivity contribution in [1.29, 1.82) is 0 Å². The number of amides is 3. The zero-order chi connectivity index (χ0) is 32.1. The molecule has 44 heavy (non-hydrogen) atoms. The van der Waals surface area contributed by atoms with E-state index in [9.17, 15) is 29.1 Å². The molecule has 6 atom stereocenters. The lowest BCUT2D eigenvalue weighted by atomic mass is 10.0. The van der Waals surface area contributed by atoms with Crippen molar-refractivity contribution in [2.24, 2.45) is 5.92 Å². The van der Waals surface area contributed by atoms with Crippen molar-refractivity contribution in [3.8, 4) is 0 Å². The van der Waals surface area contributed by atoms with Crippen molar-refractivity contribution in [3.05, 3.63) is 35.9 Å². The van der Waals surface area contributed by atoms with Crippen molar-refractivity contribution in [1.82, 2.24) is 15.5 Å². The average molecular weight is 616 g/mol. The normalized spacial score (nSPS) is 29.6. The molecule has 1 aromatic rings. The van der Waals surface area contributed by atoms with Gasteiger partial charge >= 0.3 is 18.0 Å². The molecule has 2 aliphatic heterocycles. The number of nitrogens with zero attached hydrogens (tertiary/aromatic N) is 1. The fourth-order valence-corrected chi connectivity index (χ4v) is 6.06. The highest BCUT2D eigenvalue weighted by Crippen LogP contribution is 2.48. The molecule has 0 spiro atoms. The van der Waals surface area contributed by atoms with Gasteiger partial charge in [-0.3, -0.25) is 9.59 Å². The summed E-state index contributed by atoms with van der Waals surface area (Å²) in [4.78, 5) is 68.0. The number of fused-ring (bicyclic) bond motifs is 2. The number of carbonyl (C=O) groups is 5. The Labute approximate surface area is 258 Å². The van der Waals surface area contributed by atoms with Crippen molar-refractivity contribution in [3.63, 3.8) is 0 Å². The highest BCUT2D eigenvalue weighted by molar-refractivity contribution is 5.96. The number of aliphatic hydroxyl groups excluding tert-OH is 1. The van der Waals surface area contributed by atoms with Crippen molar-refractivity contribution < 1.29 is 43.3 Å². The Bertz CT molecular complexity index is 1220. The molecular weight excluding hydrogens is 570 g/mol. The summed E-state index contributed by atoms with van der Waals surface area (Å²) in [5.41, 5.74) is -1.77. The highest BCUT2D eigenvalue weighted by Gasteiger charge is 2.63. The van der Waals surface area contributed by atoms with Crippen LogP contribution in [0.3, 0.4) is 0 Å². The quantitative estimate of drug-likeness (QED) is 0.334. The van der Waals surface area contributed by atoms with Crippen LogP contribution in [-0.4, -0.2) is 88.4 Å². The predicted octanol–water partition coefficient (Wildman–Crippen LogP) is 2.86. The Morgan fingerprint density at radius 1 is 1.07 bits per heavy atom. The van der Waals surface area contributed by atoms with E-state index in [0.29, 0.717) is 44.1 Å². The maximum atomic E-state index is 14.1. The minimum atomic E-state index is -1.31. The van der Waals surface area contributed by atoms with Gasteiger partial charge in [0.25, 0.3) is 0 Å². The molecule has 2 saturated heterocycles. The number of hydrogen-bond acceptors (Lipinski definition) is 9. The predicted molar refractivity (Wildman–Crippen MR) is 158 cm³/mol. The molecule has 242 valence electrons. The smallest absolute Gasteiger partial charge is 0.408 e. The van der Waals surface area contributed by atoms with Gasteiger partial charge in [0.1, 0.15) is 29.3 Å². The largest absolute Gasteiger partial charge is 0.464 e. The molecule has 0 aromatic heterocycles. The molecule has 0 unspecified atom stereocenters. The number of nitrogens with one attached hydrogen (secondary N) is 2. The zero-order valence-electron chi connectivity index (χ0n) is 26.0. The van der Waals surface area contributed by atoms with Crippen LogP contribution in [0.4, 0.5) is 4.79 Å². The van der Waals surface area contributed by atoms with Gasteiger partial charge in [0.2, 0.25) is 11.8 Å². The molecule has 4 rings (SSSR count). The number of alkyl carbamates (subject to hydrolysis) is 1. The van der Waals surface area contributed by atoms with E-state index in [-0.39, 0.29) is 31.9 Å². The van der Waals surface area contributed by atoms with Gasteiger partial charge in [-0.1, -0.05) is 37.5 Å². The van der Waals surface area contributed by atoms with Gasteiger partial charge in [0.05, 0.1) is 24.8 Å². The van der Waals surface area contributed by atoms with E-state index in [0.717, 1.165) is 0 Å². The molecule has 1 aromatic carbocycles. The monoisotopic (exact) mass is 615 g/mol. The van der Waals surface area contributed by atoms with E-state index < -0.39 is 65.3 Å². The second-order valence-corrected chi connectivity index (χ2v) is 12.9. The van der Waals surface area contributed by atoms with Gasteiger partial charge in [-0.2, -0.15) is 0 Å². The van der Waals surface area contributed by atoms with Crippen LogP contribution in [0.25, 0.3) is 0 Å². The van der Waals surface area contributed by atoms with Gasteiger partial charge in [-0.15, -0.1) is 0 Å². The summed E-state index contributed by atoms with van der Waals surface area (Å²) >= 11 is 0. The molecule has 3 amide bonds. The third kappa shape index (κ3) is 8.28. The van der Waals surface area contributed by atoms with Gasteiger partial charge in [0.15, 0.2) is 0 Å². The van der Waals surface area contributed by atoms with Crippen LogP contribution < -0.4 is 10.6 Å². The van der Waals surface area contributed by atoms with Gasteiger partial charge < -0.3 is 34.9 Å². The topological polar surface area (TPSA) is 161 Å². The van der Waals surface area contributed by atoms with Crippen LogP contribution in [0.5, 0.6) is 0 Å². The first kappa shape index (κ1) is 33.2. The maximum absolute atomic E-state index is 14.1. The summed E-state index contributed by atoms with van der Waals surface area (Å²) in [5, 5.41) is 16.2. The van der Waals surface area contributed by atoms with Crippen molar-refractivity contribution >= 4 is 29.8 Å². The molecule has 2 heterocycles. The first-order valence-electron chi connectivity index (χ1n) is 15.6. The van der Waals surface area contributed by atoms with E-state index in [4.69, 9.17) is 14.2 Å². The molecule has 1 saturated carbocycles. The molecule has 3 fully saturated rings. The molecule has 1 aliphatic carbocycles. The second kappa shape index (κ2) is 14.0. The van der Waals surface area contributed by atoms with Crippen LogP contribution >= 0.6 is 0 Å². The SMILES string of the molecule is CCOC(=O)[C@@]12C[C@H]1C[C@@H](O)CCCCC[C@H](NC(=O)OC(C)(C)C)C(=O)N1C[C@@H](OC(=O)c3ccccc3)C[C@H]1C(=O)N2. The lowest BCUT2D eigenvalue weighted by molar-refractivity contribution is -0.150. The van der Waals surface area contributed by atoms with E-state index in [1.54, 1.807) is 58.0 Å². The van der Waals surface area contributed by atoms with Crippen LogP contribution in [-0.2, 0) is 28.6 Å². The lowest BCUT2D eigenvalue weighted by Crippen LogP contribution is -2.56. The third-order valence-electron chi connectivity index (χ3n) is 8.30. The van der Waals surface area contributed by atoms with Gasteiger partial charge in [-0.25, -0.2) is 14.4 Å². The lowest BCUT2D eigenvalue weighted by Gasteiger charge is -2.30. The fourth-order valence-electron chi connectivity index (χ4n) is 6.06. The summed E-state index contributed by atoms with van der Waals surface area (Å²) in [6.45, 7) is 6.87. The van der Waals surface area contributed by atoms with Crippen LogP contribution in [0.2, 0.25) is 0 Å². The van der Waals surface area contributed by atoms with Gasteiger partial charge in [0, 0.05) is 6.42 Å². The van der Waals surface area contributed by atoms with Crippen LogP contribution in [0.15, 0.2) is 30.3 Å². The fraction of sp³-hybridized carbons (Fsp3) is 0.656. The Morgan fingerprint density at radius 3 is 2.45 bits per heavy atom. The van der Waals surface area contributed by atoms with Crippen LogP contribution in [0.1, 0.15) is 89.4 Å². The minimum absolute atomic E-state index is 0.00149. The Kier molecular flexibility index (Phi) is 10.5. The zero-order valence-corrected chi connectivity index (χ0v) is 26.0. The third-order valence-corrected chi connectivity index (χ3v) is 8.30. The van der Waals surface area contributed by atoms with E-state index in [2.05, 4.69) is 10.6 Å². The molecule has 0 radical (unpaired) electrons. The van der Waals surface area contributed by atoms with Crippen LogP contribution in [0, 0.1) is 5.92 Å². The molecule has 0 bridgehead atoms. The number of ether oxygens (including phenoxy) is 3. The molecular formula is C32H45N3O9. The number of aliphatic hydroxyl groups is 1. The summed E-state index contributed by atoms with van der Waals surface area (Å²) in [6, 6.07) is 6.31. The number of benzene rings is 1. The number of carbonyl (C=O) groups excluding carboxylic acids is 5. The van der Waals surface area contributed by atoms with E-state index in [1.807, 2.05) is 0 Å². The Balaban J connectivity index is 1.62. The summed E-state index contributed by atoms with van der Waals surface area (Å²) in [5.74, 6) is -2.59. The maximum Gasteiger partial charge on any atom is 0.408 e. The first-order chi connectivity index (χ1) is 20.8. The summed E-state index contributed by atoms with van der Waals surface area (Å²) < 4.78 is 16.5. The standard InChI is InChI=1S/C32H45N3O9/c1-5-42-29(40)32-18-21(32)16-22(36)14-10-7-11-15-24(33-30(41)44-31(2,3)4)27(38)35-19-23(17-25(35)26(37)34-32)43-28(39)20-12-8-6-9-13-20/h6,8-9,12-13,21-25,36H,5,7,10-11,14-19H2,1-4H3,(H,33,41)(H,34,37)/t21-,22+,23+,24+,25+,32-/m1/s1.